The van der Waals surface area contributed by atoms with E-state index < -0.39 is 0 Å². The molecule has 0 aromatic carbocycles. The third-order valence-electron chi connectivity index (χ3n) is 2.41. The molecule has 54 valence electrons. The van der Waals surface area contributed by atoms with Crippen molar-refractivity contribution in [1.82, 2.24) is 4.90 Å². The fraction of sp³-hybridized carbons (Fsp3) is 0.778. The van der Waals surface area contributed by atoms with Gasteiger partial charge in [-0.25, -0.2) is 0 Å². The first-order chi connectivity index (χ1) is 4.97. The Morgan fingerprint density at radius 1 is 1.10 bits per heavy atom. The zero-order valence-electron chi connectivity index (χ0n) is 6.40. The number of hydrogen-bond acceptors (Lipinski definition) is 1. The lowest BCUT2D eigenvalue weighted by Crippen LogP contribution is -2.16. The third kappa shape index (κ3) is 1.02. The molecule has 1 nitrogen and oxygen atoms in total. The standard InChI is InChI=1S/C9H14N/c1-2-6-9(5-1)10-7-3-4-8-10/h1-5,7-8H2/q+1. The van der Waals surface area contributed by atoms with Crippen molar-refractivity contribution in [3.63, 3.8) is 0 Å². The molecule has 1 aliphatic carbocycles. The Hall–Kier alpha value is -0.550. The number of hydrogen-bond donors (Lipinski definition) is 0. The summed E-state index contributed by atoms with van der Waals surface area (Å²) in [5, 5.41) is 0. The molecule has 0 amide bonds. The summed E-state index contributed by atoms with van der Waals surface area (Å²) in [6.45, 7) is 2.59. The van der Waals surface area contributed by atoms with E-state index in [-0.39, 0.29) is 0 Å². The molecule has 1 heteroatoms. The lowest BCUT2D eigenvalue weighted by molar-refractivity contribution is 0.414. The lowest BCUT2D eigenvalue weighted by Gasteiger charge is -2.10. The van der Waals surface area contributed by atoms with Gasteiger partial charge in [0.25, 0.3) is 5.70 Å². The Morgan fingerprint density at radius 2 is 1.90 bits per heavy atom. The minimum atomic E-state index is 1.20. The Labute approximate surface area is 62.7 Å². The van der Waals surface area contributed by atoms with Crippen LogP contribution in [0.1, 0.15) is 32.1 Å². The molecule has 10 heavy (non-hydrogen) atoms. The summed E-state index contributed by atoms with van der Waals surface area (Å²) in [6, 6.07) is 0. The van der Waals surface area contributed by atoms with Gasteiger partial charge in [-0.3, -0.25) is 0 Å². The van der Waals surface area contributed by atoms with Crippen LogP contribution in [0, 0.1) is 6.08 Å². The van der Waals surface area contributed by atoms with Crippen LogP contribution in [0.5, 0.6) is 0 Å². The molecule has 0 N–H and O–H groups in total. The maximum atomic E-state index is 3.44. The molecular formula is C9H14N+. The van der Waals surface area contributed by atoms with E-state index in [0.717, 1.165) is 0 Å². The summed E-state index contributed by atoms with van der Waals surface area (Å²) < 4.78 is 0. The highest BCUT2D eigenvalue weighted by molar-refractivity contribution is 5.02. The predicted molar refractivity (Wildman–Crippen MR) is 41.4 cm³/mol. The van der Waals surface area contributed by atoms with Gasteiger partial charge in [0, 0.05) is 25.9 Å². The first kappa shape index (κ1) is 6.18. The molecule has 1 heterocycles. The maximum absolute atomic E-state index is 3.44. The van der Waals surface area contributed by atoms with Crippen LogP contribution in [0.25, 0.3) is 0 Å². The molecule has 1 fully saturated rings. The van der Waals surface area contributed by atoms with Crippen molar-refractivity contribution >= 4 is 0 Å². The van der Waals surface area contributed by atoms with Crippen molar-refractivity contribution in [3.8, 4) is 0 Å². The highest BCUT2D eigenvalue weighted by atomic mass is 15.1. The van der Waals surface area contributed by atoms with Gasteiger partial charge in [-0.1, -0.05) is 0 Å². The van der Waals surface area contributed by atoms with E-state index in [4.69, 9.17) is 0 Å². The minimum absolute atomic E-state index is 1.20. The average Bonchev–Trinajstić information content (AvgIpc) is 2.59. The second kappa shape index (κ2) is 2.59. The monoisotopic (exact) mass is 136 g/mol. The molecule has 2 rings (SSSR count). The van der Waals surface area contributed by atoms with Crippen molar-refractivity contribution in [2.24, 2.45) is 0 Å². The van der Waals surface area contributed by atoms with Crippen molar-refractivity contribution in [1.29, 1.82) is 0 Å². The molecule has 0 atom stereocenters. The summed E-state index contributed by atoms with van der Waals surface area (Å²) in [6.07, 6.45) is 10.1. The van der Waals surface area contributed by atoms with Gasteiger partial charge in [-0.2, -0.15) is 0 Å². The fourth-order valence-corrected chi connectivity index (χ4v) is 1.83. The van der Waals surface area contributed by atoms with Crippen molar-refractivity contribution < 1.29 is 0 Å². The van der Waals surface area contributed by atoms with Gasteiger partial charge >= 0.3 is 0 Å². The van der Waals surface area contributed by atoms with Crippen molar-refractivity contribution in [2.45, 2.75) is 32.1 Å². The van der Waals surface area contributed by atoms with Gasteiger partial charge in [-0.05, 0) is 12.8 Å². The minimum Gasteiger partial charge on any atom is -0.332 e. The fourth-order valence-electron chi connectivity index (χ4n) is 1.83. The first-order valence-corrected chi connectivity index (χ1v) is 4.31. The molecule has 0 spiro atoms. The van der Waals surface area contributed by atoms with Gasteiger partial charge in [0.15, 0.2) is 6.42 Å². The number of likely N-dealkylation sites (tertiary alicyclic amines) is 1. The number of rotatable bonds is 1. The van der Waals surface area contributed by atoms with Gasteiger partial charge in [0.2, 0.25) is 6.08 Å². The van der Waals surface area contributed by atoms with Crippen molar-refractivity contribution in [3.05, 3.63) is 11.8 Å². The van der Waals surface area contributed by atoms with Gasteiger partial charge in [0.1, 0.15) is 0 Å². The molecule has 0 unspecified atom stereocenters. The van der Waals surface area contributed by atoms with Crippen molar-refractivity contribution in [2.75, 3.05) is 13.1 Å². The van der Waals surface area contributed by atoms with Gasteiger partial charge in [0.05, 0.1) is 0 Å². The highest BCUT2D eigenvalue weighted by Crippen LogP contribution is 2.23. The van der Waals surface area contributed by atoms with Crippen LogP contribution < -0.4 is 0 Å². The van der Waals surface area contributed by atoms with Crippen LogP contribution in [0.15, 0.2) is 5.70 Å². The molecule has 1 aliphatic heterocycles. The average molecular weight is 136 g/mol. The van der Waals surface area contributed by atoms with E-state index in [1.807, 2.05) is 0 Å². The maximum Gasteiger partial charge on any atom is 0.256 e. The SMILES string of the molecule is [C+]1=C(N2CCCC2)CCC1. The third-order valence-corrected chi connectivity index (χ3v) is 2.41. The van der Waals surface area contributed by atoms with Crippen LogP contribution >= 0.6 is 0 Å². The second-order valence-corrected chi connectivity index (χ2v) is 3.17. The molecule has 0 bridgehead atoms. The van der Waals surface area contributed by atoms with E-state index in [1.54, 1.807) is 0 Å². The zero-order valence-corrected chi connectivity index (χ0v) is 6.40. The smallest absolute Gasteiger partial charge is 0.256 e. The van der Waals surface area contributed by atoms with Gasteiger partial charge in [-0.15, -0.1) is 0 Å². The predicted octanol–water partition coefficient (Wildman–Crippen LogP) is 1.95. The Morgan fingerprint density at radius 3 is 2.50 bits per heavy atom. The topological polar surface area (TPSA) is 3.24 Å². The summed E-state index contributed by atoms with van der Waals surface area (Å²) in [5.41, 5.74) is 1.51. The molecular weight excluding hydrogens is 122 g/mol. The summed E-state index contributed by atoms with van der Waals surface area (Å²) in [7, 11) is 0. The Balaban J connectivity index is 1.97. The quantitative estimate of drug-likeness (QED) is 0.498. The zero-order chi connectivity index (χ0) is 6.81. The number of nitrogens with zero attached hydrogens (tertiary/aromatic N) is 1. The van der Waals surface area contributed by atoms with Crippen LogP contribution in [0.3, 0.4) is 0 Å². The van der Waals surface area contributed by atoms with Crippen LogP contribution in [-0.2, 0) is 0 Å². The molecule has 0 radical (unpaired) electrons. The van der Waals surface area contributed by atoms with E-state index in [2.05, 4.69) is 11.0 Å². The Bertz CT molecular complexity index is 143. The lowest BCUT2D eigenvalue weighted by atomic mass is 10.3. The molecule has 1 saturated heterocycles. The summed E-state index contributed by atoms with van der Waals surface area (Å²) in [5.74, 6) is 0. The summed E-state index contributed by atoms with van der Waals surface area (Å²) in [4.78, 5) is 2.51. The Kier molecular flexibility index (Phi) is 1.60. The first-order valence-electron chi connectivity index (χ1n) is 4.31. The van der Waals surface area contributed by atoms with E-state index in [0.29, 0.717) is 0 Å². The normalized spacial score (nSPS) is 24.8. The largest absolute Gasteiger partial charge is 0.332 e. The van der Waals surface area contributed by atoms with E-state index in [1.165, 1.54) is 50.9 Å². The molecule has 0 aromatic rings. The van der Waals surface area contributed by atoms with Gasteiger partial charge < -0.3 is 4.90 Å². The van der Waals surface area contributed by atoms with Crippen LogP contribution in [0.2, 0.25) is 0 Å². The van der Waals surface area contributed by atoms with E-state index >= 15 is 0 Å². The second-order valence-electron chi connectivity index (χ2n) is 3.17. The molecule has 0 aromatic heterocycles. The number of allylic oxidation sites excluding steroid dienone is 2. The van der Waals surface area contributed by atoms with Crippen LogP contribution in [0.4, 0.5) is 0 Å². The molecule has 2 aliphatic rings. The summed E-state index contributed by atoms with van der Waals surface area (Å²) >= 11 is 0. The van der Waals surface area contributed by atoms with E-state index in [9.17, 15) is 0 Å². The molecule has 0 saturated carbocycles. The van der Waals surface area contributed by atoms with Crippen LogP contribution in [-0.4, -0.2) is 18.0 Å². The highest BCUT2D eigenvalue weighted by Gasteiger charge is 2.26.